The molecule has 0 heterocycles. The minimum absolute atomic E-state index is 0.766. The van der Waals surface area contributed by atoms with Crippen LogP contribution in [0.25, 0.3) is 0 Å². The molecule has 0 nitrogen and oxygen atoms in total. The first-order chi connectivity index (χ1) is 13.9. The zero-order valence-electron chi connectivity index (χ0n) is 15.8. The molecule has 0 aliphatic rings. The normalized spacial score (nSPS) is 10.7. The van der Waals surface area contributed by atoms with E-state index in [0.717, 1.165) is 6.42 Å². The third-order valence-corrected chi connectivity index (χ3v) is 9.18. The van der Waals surface area contributed by atoms with Gasteiger partial charge in [0, 0.05) is 6.42 Å². The van der Waals surface area contributed by atoms with Crippen LogP contribution in [0.5, 0.6) is 0 Å². The van der Waals surface area contributed by atoms with E-state index in [1.54, 1.807) is 0 Å². The fourth-order valence-corrected chi connectivity index (χ4v) is 7.52. The number of hydrogen-bond donors (Lipinski definition) is 0. The quantitative estimate of drug-likeness (QED) is 0.287. The van der Waals surface area contributed by atoms with Gasteiger partial charge in [0.1, 0.15) is 0 Å². The average Bonchev–Trinajstić information content (AvgIpc) is 2.79. The van der Waals surface area contributed by atoms with E-state index < -0.39 is 8.07 Å². The van der Waals surface area contributed by atoms with Gasteiger partial charge in [-0.05, 0) is 21.1 Å². The van der Waals surface area contributed by atoms with E-state index in [1.165, 1.54) is 21.1 Å². The van der Waals surface area contributed by atoms with Gasteiger partial charge < -0.3 is 0 Å². The van der Waals surface area contributed by atoms with E-state index in [-0.39, 0.29) is 0 Å². The van der Waals surface area contributed by atoms with E-state index in [9.17, 15) is 0 Å². The van der Waals surface area contributed by atoms with Crippen molar-refractivity contribution in [2.24, 2.45) is 0 Å². The van der Waals surface area contributed by atoms with Crippen LogP contribution in [-0.4, -0.2) is 8.07 Å². The van der Waals surface area contributed by atoms with Crippen LogP contribution in [0.1, 0.15) is 5.56 Å². The summed E-state index contributed by atoms with van der Waals surface area (Å²) in [4.78, 5) is 0. The molecule has 0 saturated carbocycles. The largest absolute Gasteiger partial charge is 0.229 e. The first-order valence-corrected chi connectivity index (χ1v) is 11.6. The summed E-state index contributed by atoms with van der Waals surface area (Å²) in [5.74, 6) is 3.55. The highest BCUT2D eigenvalue weighted by Crippen LogP contribution is 2.08. The van der Waals surface area contributed by atoms with Gasteiger partial charge in [-0.2, -0.15) is 0 Å². The Kier molecular flexibility index (Phi) is 5.52. The SMILES string of the molecule is C(#C[Si](c1ccccc1)(c1ccccc1)c1ccccc1)[14CH2]c1ccccc1. The number of hydrogen-bond acceptors (Lipinski definition) is 0. The molecule has 28 heavy (non-hydrogen) atoms. The molecule has 0 N–H and O–H groups in total. The van der Waals surface area contributed by atoms with Gasteiger partial charge in [0.25, 0.3) is 0 Å². The van der Waals surface area contributed by atoms with Crippen LogP contribution in [0.4, 0.5) is 0 Å². The molecule has 0 aliphatic carbocycles. The summed E-state index contributed by atoms with van der Waals surface area (Å²) in [6.07, 6.45) is 0.766. The van der Waals surface area contributed by atoms with Crippen molar-refractivity contribution in [3.05, 3.63) is 127 Å². The van der Waals surface area contributed by atoms with E-state index in [0.29, 0.717) is 0 Å². The van der Waals surface area contributed by atoms with Crippen LogP contribution in [0.15, 0.2) is 121 Å². The van der Waals surface area contributed by atoms with Crippen molar-refractivity contribution in [2.45, 2.75) is 6.42 Å². The molecular formula is C27H22Si. The summed E-state index contributed by atoms with van der Waals surface area (Å²) in [5, 5.41) is 3.98. The summed E-state index contributed by atoms with van der Waals surface area (Å²) < 4.78 is 0. The van der Waals surface area contributed by atoms with Crippen molar-refractivity contribution in [3.63, 3.8) is 0 Å². The highest BCUT2D eigenvalue weighted by molar-refractivity contribution is 7.16. The van der Waals surface area contributed by atoms with Crippen LogP contribution in [0, 0.1) is 11.5 Å². The monoisotopic (exact) mass is 376 g/mol. The Hall–Kier alpha value is -3.34. The molecule has 134 valence electrons. The van der Waals surface area contributed by atoms with Crippen LogP contribution >= 0.6 is 0 Å². The maximum absolute atomic E-state index is 3.82. The van der Waals surface area contributed by atoms with Crippen LogP contribution in [0.3, 0.4) is 0 Å². The molecule has 1 heteroatoms. The summed E-state index contributed by atoms with van der Waals surface area (Å²) in [7, 11) is -2.44. The fraction of sp³-hybridized carbons (Fsp3) is 0.0370. The lowest BCUT2D eigenvalue weighted by Gasteiger charge is -2.28. The van der Waals surface area contributed by atoms with Crippen molar-refractivity contribution in [3.8, 4) is 11.5 Å². The smallest absolute Gasteiger partial charge is 0.114 e. The minimum Gasteiger partial charge on any atom is -0.114 e. The topological polar surface area (TPSA) is 0 Å². The molecule has 4 aromatic carbocycles. The highest BCUT2D eigenvalue weighted by Gasteiger charge is 2.38. The Morgan fingerprint density at radius 1 is 0.464 bits per heavy atom. The molecule has 0 fully saturated rings. The highest BCUT2D eigenvalue weighted by atomic mass is 28.3. The predicted molar refractivity (Wildman–Crippen MR) is 122 cm³/mol. The molecule has 0 aromatic heterocycles. The van der Waals surface area contributed by atoms with Crippen molar-refractivity contribution in [2.75, 3.05) is 0 Å². The minimum atomic E-state index is -2.44. The van der Waals surface area contributed by atoms with Crippen LogP contribution in [0.2, 0.25) is 0 Å². The van der Waals surface area contributed by atoms with Crippen LogP contribution < -0.4 is 15.6 Å². The molecule has 0 spiro atoms. The second-order valence-corrected chi connectivity index (χ2v) is 10.3. The van der Waals surface area contributed by atoms with Gasteiger partial charge in [-0.15, -0.1) is 11.5 Å². The summed E-state index contributed by atoms with van der Waals surface area (Å²) in [6.45, 7) is 0. The Labute approximate surface area is 168 Å². The maximum Gasteiger partial charge on any atom is 0.229 e. The van der Waals surface area contributed by atoms with Crippen molar-refractivity contribution in [1.29, 1.82) is 0 Å². The van der Waals surface area contributed by atoms with Crippen molar-refractivity contribution >= 4 is 23.6 Å². The third-order valence-electron chi connectivity index (χ3n) is 5.03. The lowest BCUT2D eigenvalue weighted by Crippen LogP contribution is -2.66. The molecule has 0 aliphatic heterocycles. The Balaban J connectivity index is 1.91. The van der Waals surface area contributed by atoms with E-state index in [1.807, 2.05) is 6.07 Å². The molecule has 0 radical (unpaired) electrons. The third kappa shape index (κ3) is 3.69. The van der Waals surface area contributed by atoms with Crippen molar-refractivity contribution in [1.82, 2.24) is 0 Å². The standard InChI is InChI=1S/C27H22Si/c1-5-14-24(15-6-1)16-13-23-28(25-17-7-2-8-18-25,26-19-9-3-10-20-26)27-21-11-4-12-22-27/h1-12,14-15,17-22H,16H2/i16+2. The Bertz CT molecular complexity index is 963. The molecule has 4 rings (SSSR count). The van der Waals surface area contributed by atoms with Gasteiger partial charge in [0.15, 0.2) is 0 Å². The molecule has 0 amide bonds. The zero-order chi connectivity index (χ0) is 19.1. The fourth-order valence-electron chi connectivity index (χ4n) is 3.66. The van der Waals surface area contributed by atoms with Gasteiger partial charge in [-0.3, -0.25) is 0 Å². The summed E-state index contributed by atoms with van der Waals surface area (Å²) in [5.41, 5.74) is 5.08. The first kappa shape index (κ1) is 18.0. The Morgan fingerprint density at radius 3 is 1.21 bits per heavy atom. The molecular weight excluding hydrogens is 354 g/mol. The van der Waals surface area contributed by atoms with Gasteiger partial charge in [-0.25, -0.2) is 0 Å². The number of rotatable bonds is 4. The number of benzene rings is 4. The first-order valence-electron chi connectivity index (χ1n) is 9.60. The second kappa shape index (κ2) is 8.56. The second-order valence-electron chi connectivity index (χ2n) is 6.81. The van der Waals surface area contributed by atoms with Gasteiger partial charge >= 0.3 is 0 Å². The van der Waals surface area contributed by atoms with E-state index in [4.69, 9.17) is 0 Å². The lowest BCUT2D eigenvalue weighted by atomic mass is 10.3. The zero-order valence-corrected chi connectivity index (χ0v) is 16.8. The molecule has 0 atom stereocenters. The molecule has 0 bridgehead atoms. The maximum atomic E-state index is 3.82. The predicted octanol–water partition coefficient (Wildman–Crippen LogP) is 3.94. The molecule has 0 saturated heterocycles. The summed E-state index contributed by atoms with van der Waals surface area (Å²) in [6, 6.07) is 42.9. The molecule has 0 unspecified atom stereocenters. The van der Waals surface area contributed by atoms with Gasteiger partial charge in [0.05, 0.1) is 0 Å². The molecule has 4 aromatic rings. The Morgan fingerprint density at radius 2 is 0.821 bits per heavy atom. The average molecular weight is 377 g/mol. The van der Waals surface area contributed by atoms with Gasteiger partial charge in [-0.1, -0.05) is 121 Å². The summed E-state index contributed by atoms with van der Waals surface area (Å²) >= 11 is 0. The van der Waals surface area contributed by atoms with E-state index in [2.05, 4.69) is 127 Å². The van der Waals surface area contributed by atoms with Gasteiger partial charge in [0.2, 0.25) is 8.07 Å². The van der Waals surface area contributed by atoms with E-state index >= 15 is 0 Å². The van der Waals surface area contributed by atoms with Crippen LogP contribution in [-0.2, 0) is 6.42 Å². The lowest BCUT2D eigenvalue weighted by molar-refractivity contribution is 1.32. The van der Waals surface area contributed by atoms with Crippen molar-refractivity contribution < 1.29 is 0 Å².